The van der Waals surface area contributed by atoms with E-state index in [1.54, 1.807) is 0 Å². The van der Waals surface area contributed by atoms with E-state index in [0.717, 1.165) is 4.88 Å². The number of likely N-dealkylation sites (N-methyl/N-ethyl adjacent to an activating group) is 1. The van der Waals surface area contributed by atoms with Gasteiger partial charge in [-0.3, -0.25) is 14.5 Å². The Morgan fingerprint density at radius 1 is 1.29 bits per heavy atom. The predicted octanol–water partition coefficient (Wildman–Crippen LogP) is 2.60. The molecule has 17 heavy (non-hydrogen) atoms. The molecule has 0 radical (unpaired) electrons. The molecule has 5 heteroatoms. The topological polar surface area (TPSA) is 37.4 Å². The molecule has 3 nitrogen and oxygen atoms in total. The van der Waals surface area contributed by atoms with Gasteiger partial charge < -0.3 is 0 Å². The summed E-state index contributed by atoms with van der Waals surface area (Å²) in [5, 5.41) is 2.19. The first-order valence-electron chi connectivity index (χ1n) is 5.29. The number of hydrogen-bond acceptors (Lipinski definition) is 4. The largest absolute Gasteiger partial charge is 0.277 e. The Bertz CT molecular complexity index is 489. The van der Waals surface area contributed by atoms with Crippen molar-refractivity contribution in [2.75, 3.05) is 7.05 Å². The van der Waals surface area contributed by atoms with Crippen molar-refractivity contribution in [2.24, 2.45) is 0 Å². The number of thioether (sulfide) groups is 1. The fourth-order valence-electron chi connectivity index (χ4n) is 1.60. The van der Waals surface area contributed by atoms with Gasteiger partial charge in [-0.15, -0.1) is 23.1 Å². The van der Waals surface area contributed by atoms with Gasteiger partial charge in [0, 0.05) is 17.2 Å². The first-order chi connectivity index (χ1) is 8.02. The van der Waals surface area contributed by atoms with Gasteiger partial charge in [0.25, 0.3) is 11.8 Å². The Kier molecular flexibility index (Phi) is 3.40. The SMILES string of the molecule is CC(C)SC1=C(c2cccs2)C(=O)N(C)C1=O. The lowest BCUT2D eigenvalue weighted by atomic mass is 10.2. The molecule has 0 unspecified atom stereocenters. The molecular weight excluding hydrogens is 254 g/mol. The van der Waals surface area contributed by atoms with Crippen molar-refractivity contribution in [3.05, 3.63) is 27.3 Å². The third-order valence-electron chi connectivity index (χ3n) is 2.37. The molecule has 0 atom stereocenters. The van der Waals surface area contributed by atoms with Crippen LogP contribution in [0.4, 0.5) is 0 Å². The Labute approximate surface area is 109 Å². The third kappa shape index (κ3) is 2.17. The van der Waals surface area contributed by atoms with E-state index >= 15 is 0 Å². The second-order valence-electron chi connectivity index (χ2n) is 4.02. The summed E-state index contributed by atoms with van der Waals surface area (Å²) < 4.78 is 0. The van der Waals surface area contributed by atoms with Gasteiger partial charge in [-0.2, -0.15) is 0 Å². The lowest BCUT2D eigenvalue weighted by Crippen LogP contribution is -2.26. The Hall–Kier alpha value is -1.07. The Balaban J connectivity index is 2.50. The van der Waals surface area contributed by atoms with Crippen molar-refractivity contribution in [2.45, 2.75) is 19.1 Å². The number of rotatable bonds is 3. The number of nitrogens with zero attached hydrogens (tertiary/aromatic N) is 1. The molecular formula is C12H13NO2S2. The van der Waals surface area contributed by atoms with Crippen LogP contribution >= 0.6 is 23.1 Å². The quantitative estimate of drug-likeness (QED) is 0.790. The van der Waals surface area contributed by atoms with Crippen LogP contribution in [0.25, 0.3) is 5.57 Å². The number of amides is 2. The van der Waals surface area contributed by atoms with Gasteiger partial charge in [0.15, 0.2) is 0 Å². The number of imide groups is 1. The van der Waals surface area contributed by atoms with E-state index in [1.807, 2.05) is 31.4 Å². The van der Waals surface area contributed by atoms with Crippen molar-refractivity contribution in [3.8, 4) is 0 Å². The van der Waals surface area contributed by atoms with E-state index in [2.05, 4.69) is 0 Å². The molecule has 1 aliphatic heterocycles. The van der Waals surface area contributed by atoms with Gasteiger partial charge in [-0.05, 0) is 11.4 Å². The van der Waals surface area contributed by atoms with Crippen LogP contribution in [0.1, 0.15) is 18.7 Å². The molecule has 1 aliphatic rings. The van der Waals surface area contributed by atoms with Gasteiger partial charge in [0.2, 0.25) is 0 Å². The number of thiophene rings is 1. The second-order valence-corrected chi connectivity index (χ2v) is 6.55. The van der Waals surface area contributed by atoms with Crippen LogP contribution in [-0.2, 0) is 9.59 Å². The van der Waals surface area contributed by atoms with Crippen molar-refractivity contribution in [1.82, 2.24) is 4.90 Å². The Morgan fingerprint density at radius 2 is 2.00 bits per heavy atom. The summed E-state index contributed by atoms with van der Waals surface area (Å²) in [6, 6.07) is 3.77. The van der Waals surface area contributed by atoms with Gasteiger partial charge in [0.05, 0.1) is 10.5 Å². The summed E-state index contributed by atoms with van der Waals surface area (Å²) in [6.07, 6.45) is 0. The van der Waals surface area contributed by atoms with E-state index in [0.29, 0.717) is 10.5 Å². The van der Waals surface area contributed by atoms with Crippen molar-refractivity contribution < 1.29 is 9.59 Å². The van der Waals surface area contributed by atoms with Gasteiger partial charge in [-0.25, -0.2) is 0 Å². The molecule has 0 spiro atoms. The third-order valence-corrected chi connectivity index (χ3v) is 4.34. The molecule has 2 heterocycles. The van der Waals surface area contributed by atoms with Gasteiger partial charge in [0.1, 0.15) is 0 Å². The first kappa shape index (κ1) is 12.4. The molecule has 0 saturated heterocycles. The fraction of sp³-hybridized carbons (Fsp3) is 0.333. The monoisotopic (exact) mass is 267 g/mol. The number of carbonyl (C=O) groups excluding carboxylic acids is 2. The average molecular weight is 267 g/mol. The van der Waals surface area contributed by atoms with Crippen molar-refractivity contribution in [3.63, 3.8) is 0 Å². The lowest BCUT2D eigenvalue weighted by Gasteiger charge is -2.07. The van der Waals surface area contributed by atoms with Gasteiger partial charge >= 0.3 is 0 Å². The fourth-order valence-corrected chi connectivity index (χ4v) is 3.46. The zero-order valence-corrected chi connectivity index (χ0v) is 11.5. The number of carbonyl (C=O) groups is 2. The van der Waals surface area contributed by atoms with Crippen LogP contribution in [0.15, 0.2) is 22.4 Å². The van der Waals surface area contributed by atoms with Crippen LogP contribution in [0, 0.1) is 0 Å². The van der Waals surface area contributed by atoms with Crippen LogP contribution in [0.5, 0.6) is 0 Å². The van der Waals surface area contributed by atoms with Crippen LogP contribution in [0.2, 0.25) is 0 Å². The standard InChI is InChI=1S/C12H13NO2S2/c1-7(2)17-10-9(8-5-4-6-16-8)11(14)13(3)12(10)15/h4-7H,1-3H3. The normalized spacial score (nSPS) is 16.6. The van der Waals surface area contributed by atoms with Crippen molar-refractivity contribution in [1.29, 1.82) is 0 Å². The van der Waals surface area contributed by atoms with E-state index in [9.17, 15) is 9.59 Å². The molecule has 0 N–H and O–H groups in total. The predicted molar refractivity (Wildman–Crippen MR) is 71.7 cm³/mol. The minimum Gasteiger partial charge on any atom is -0.277 e. The van der Waals surface area contributed by atoms with E-state index in [4.69, 9.17) is 0 Å². The van der Waals surface area contributed by atoms with E-state index < -0.39 is 0 Å². The maximum Gasteiger partial charge on any atom is 0.267 e. The second kappa shape index (κ2) is 4.66. The zero-order valence-electron chi connectivity index (χ0n) is 9.89. The molecule has 0 aliphatic carbocycles. The molecule has 1 aromatic heterocycles. The minimum absolute atomic E-state index is 0.183. The van der Waals surface area contributed by atoms with Crippen LogP contribution in [-0.4, -0.2) is 29.0 Å². The van der Waals surface area contributed by atoms with Gasteiger partial charge in [-0.1, -0.05) is 19.9 Å². The first-order valence-corrected chi connectivity index (χ1v) is 7.05. The van der Waals surface area contributed by atoms with Crippen LogP contribution in [0.3, 0.4) is 0 Å². The molecule has 1 aromatic rings. The maximum absolute atomic E-state index is 12.0. The number of hydrogen-bond donors (Lipinski definition) is 0. The molecule has 0 bridgehead atoms. The maximum atomic E-state index is 12.0. The highest BCUT2D eigenvalue weighted by atomic mass is 32.2. The summed E-state index contributed by atoms with van der Waals surface area (Å²) >= 11 is 2.95. The molecule has 90 valence electrons. The van der Waals surface area contributed by atoms with E-state index in [1.165, 1.54) is 35.0 Å². The summed E-state index contributed by atoms with van der Waals surface area (Å²) in [5.41, 5.74) is 0.561. The van der Waals surface area contributed by atoms with E-state index in [-0.39, 0.29) is 17.1 Å². The summed E-state index contributed by atoms with van der Waals surface area (Å²) in [6.45, 7) is 4.03. The molecule has 0 saturated carbocycles. The lowest BCUT2D eigenvalue weighted by molar-refractivity contribution is -0.134. The summed E-state index contributed by atoms with van der Waals surface area (Å²) in [5.74, 6) is -0.377. The molecule has 2 amide bonds. The highest BCUT2D eigenvalue weighted by molar-refractivity contribution is 8.04. The minimum atomic E-state index is -0.194. The Morgan fingerprint density at radius 3 is 2.53 bits per heavy atom. The highest BCUT2D eigenvalue weighted by Gasteiger charge is 2.37. The van der Waals surface area contributed by atoms with Crippen LogP contribution < -0.4 is 0 Å². The average Bonchev–Trinajstić information content (AvgIpc) is 2.84. The molecule has 2 rings (SSSR count). The van der Waals surface area contributed by atoms with Crippen molar-refractivity contribution >= 4 is 40.5 Å². The molecule has 0 fully saturated rings. The molecule has 0 aromatic carbocycles. The summed E-state index contributed by atoms with van der Waals surface area (Å²) in [4.78, 5) is 26.7. The highest BCUT2D eigenvalue weighted by Crippen LogP contribution is 2.38. The smallest absolute Gasteiger partial charge is 0.267 e. The summed E-state index contributed by atoms with van der Waals surface area (Å²) in [7, 11) is 1.53. The zero-order chi connectivity index (χ0) is 12.6.